The summed E-state index contributed by atoms with van der Waals surface area (Å²) in [4.78, 5) is 2.46. The van der Waals surface area contributed by atoms with Crippen molar-refractivity contribution in [3.8, 4) is 11.5 Å². The summed E-state index contributed by atoms with van der Waals surface area (Å²) in [7, 11) is -1.47. The van der Waals surface area contributed by atoms with Crippen LogP contribution < -0.4 is 9.47 Å². The van der Waals surface area contributed by atoms with Crippen molar-refractivity contribution in [2.75, 3.05) is 26.9 Å². The summed E-state index contributed by atoms with van der Waals surface area (Å²) in [6, 6.07) is 5.16. The Bertz CT molecular complexity index is 634. The molecule has 0 N–H and O–H groups in total. The summed E-state index contributed by atoms with van der Waals surface area (Å²) in [6.07, 6.45) is 0. The molecule has 1 aromatic carbocycles. The Hall–Kier alpha value is -1.31. The number of hydrogen-bond acceptors (Lipinski definition) is 5. The molecular weight excluding hydrogens is 292 g/mol. The highest BCUT2D eigenvalue weighted by molar-refractivity contribution is 7.89. The monoisotopic (exact) mass is 312 g/mol. The predicted molar refractivity (Wildman–Crippen MR) is 78.0 cm³/mol. The molecule has 0 aliphatic carbocycles. The molecule has 1 aromatic rings. The molecule has 2 atom stereocenters. The van der Waals surface area contributed by atoms with E-state index in [1.165, 1.54) is 0 Å². The number of piperazine rings is 1. The zero-order valence-electron chi connectivity index (χ0n) is 12.4. The van der Waals surface area contributed by atoms with Crippen molar-refractivity contribution in [3.63, 3.8) is 0 Å². The molecule has 0 bridgehead atoms. The minimum Gasteiger partial charge on any atom is -0.454 e. The van der Waals surface area contributed by atoms with E-state index in [9.17, 15) is 8.42 Å². The second kappa shape index (κ2) is 5.15. The Labute approximate surface area is 125 Å². The highest BCUT2D eigenvalue weighted by Crippen LogP contribution is 2.35. The third kappa shape index (κ3) is 2.49. The number of sulfonamides is 1. The SMILES string of the molecule is CC1CN(S(=O)(=O)c2ccc3c(c2)OCO3)CC(C)N1C. The van der Waals surface area contributed by atoms with Gasteiger partial charge in [0, 0.05) is 31.2 Å². The Morgan fingerprint density at radius 1 is 1.10 bits per heavy atom. The van der Waals surface area contributed by atoms with E-state index in [-0.39, 0.29) is 23.8 Å². The van der Waals surface area contributed by atoms with Crippen LogP contribution in [0.15, 0.2) is 23.1 Å². The van der Waals surface area contributed by atoms with Crippen molar-refractivity contribution >= 4 is 10.0 Å². The zero-order valence-corrected chi connectivity index (χ0v) is 13.3. The minimum atomic E-state index is -3.50. The summed E-state index contributed by atoms with van der Waals surface area (Å²) >= 11 is 0. The van der Waals surface area contributed by atoms with Gasteiger partial charge in [-0.2, -0.15) is 4.31 Å². The first kappa shape index (κ1) is 14.6. The molecule has 2 unspecified atom stereocenters. The average Bonchev–Trinajstić information content (AvgIpc) is 2.91. The van der Waals surface area contributed by atoms with Crippen molar-refractivity contribution in [2.45, 2.75) is 30.8 Å². The van der Waals surface area contributed by atoms with E-state index < -0.39 is 10.0 Å². The largest absolute Gasteiger partial charge is 0.454 e. The van der Waals surface area contributed by atoms with Crippen LogP contribution in [0.1, 0.15) is 13.8 Å². The molecule has 2 aliphatic heterocycles. The number of likely N-dealkylation sites (N-methyl/N-ethyl adjacent to an activating group) is 1. The van der Waals surface area contributed by atoms with Crippen LogP contribution in [0, 0.1) is 0 Å². The van der Waals surface area contributed by atoms with E-state index in [1.807, 2.05) is 20.9 Å². The van der Waals surface area contributed by atoms with Crippen molar-refractivity contribution in [3.05, 3.63) is 18.2 Å². The van der Waals surface area contributed by atoms with E-state index in [4.69, 9.17) is 9.47 Å². The van der Waals surface area contributed by atoms with E-state index in [1.54, 1.807) is 22.5 Å². The lowest BCUT2D eigenvalue weighted by Crippen LogP contribution is -2.56. The summed E-state index contributed by atoms with van der Waals surface area (Å²) in [6.45, 7) is 5.21. The lowest BCUT2D eigenvalue weighted by molar-refractivity contribution is 0.105. The molecule has 2 heterocycles. The van der Waals surface area contributed by atoms with Crippen molar-refractivity contribution in [1.29, 1.82) is 0 Å². The van der Waals surface area contributed by atoms with Gasteiger partial charge in [-0.05, 0) is 33.0 Å². The van der Waals surface area contributed by atoms with Crippen LogP contribution in [0.25, 0.3) is 0 Å². The van der Waals surface area contributed by atoms with Gasteiger partial charge in [0.05, 0.1) is 4.90 Å². The van der Waals surface area contributed by atoms with Crippen LogP contribution in [0.5, 0.6) is 11.5 Å². The lowest BCUT2D eigenvalue weighted by Gasteiger charge is -2.41. The summed E-state index contributed by atoms with van der Waals surface area (Å²) in [5.74, 6) is 1.08. The minimum absolute atomic E-state index is 0.140. The number of benzene rings is 1. The van der Waals surface area contributed by atoms with Gasteiger partial charge in [0.1, 0.15) is 0 Å². The molecule has 0 amide bonds. The molecule has 0 radical (unpaired) electrons. The normalized spacial score (nSPS) is 27.0. The summed E-state index contributed by atoms with van der Waals surface area (Å²) in [5.41, 5.74) is 0. The number of nitrogens with zero attached hydrogens (tertiary/aromatic N) is 2. The second-order valence-electron chi connectivity index (χ2n) is 5.70. The smallest absolute Gasteiger partial charge is 0.243 e. The van der Waals surface area contributed by atoms with Gasteiger partial charge < -0.3 is 9.47 Å². The predicted octanol–water partition coefficient (Wildman–Crippen LogP) is 1.13. The molecule has 0 aromatic heterocycles. The molecule has 3 rings (SSSR count). The highest BCUT2D eigenvalue weighted by atomic mass is 32.2. The van der Waals surface area contributed by atoms with E-state index >= 15 is 0 Å². The third-order valence-corrected chi connectivity index (χ3v) is 6.14. The fourth-order valence-corrected chi connectivity index (χ4v) is 4.36. The summed E-state index contributed by atoms with van der Waals surface area (Å²) < 4.78 is 37.6. The van der Waals surface area contributed by atoms with Gasteiger partial charge in [-0.1, -0.05) is 0 Å². The number of hydrogen-bond donors (Lipinski definition) is 0. The quantitative estimate of drug-likeness (QED) is 0.819. The van der Waals surface area contributed by atoms with Crippen molar-refractivity contribution < 1.29 is 17.9 Å². The first-order chi connectivity index (χ1) is 9.89. The van der Waals surface area contributed by atoms with Gasteiger partial charge in [-0.25, -0.2) is 8.42 Å². The number of ether oxygens (including phenoxy) is 2. The van der Waals surface area contributed by atoms with Crippen LogP contribution >= 0.6 is 0 Å². The fraction of sp³-hybridized carbons (Fsp3) is 0.571. The molecule has 21 heavy (non-hydrogen) atoms. The van der Waals surface area contributed by atoms with Crippen LogP contribution in [-0.2, 0) is 10.0 Å². The van der Waals surface area contributed by atoms with E-state index in [0.29, 0.717) is 24.6 Å². The number of rotatable bonds is 2. The standard InChI is InChI=1S/C14H20N2O4S/c1-10-7-16(8-11(2)15(10)3)21(17,18)12-4-5-13-14(6-12)20-9-19-13/h4-6,10-11H,7-9H2,1-3H3. The Kier molecular flexibility index (Phi) is 3.59. The molecule has 2 aliphatic rings. The third-order valence-electron chi connectivity index (χ3n) is 4.31. The van der Waals surface area contributed by atoms with Gasteiger partial charge in [-0.15, -0.1) is 0 Å². The van der Waals surface area contributed by atoms with Crippen LogP contribution in [0.3, 0.4) is 0 Å². The van der Waals surface area contributed by atoms with Gasteiger partial charge in [-0.3, -0.25) is 4.90 Å². The molecule has 7 heteroatoms. The molecule has 0 saturated carbocycles. The average molecular weight is 312 g/mol. The van der Waals surface area contributed by atoms with Gasteiger partial charge in [0.2, 0.25) is 16.8 Å². The van der Waals surface area contributed by atoms with Gasteiger partial charge in [0.25, 0.3) is 0 Å². The molecule has 1 saturated heterocycles. The summed E-state index contributed by atoms with van der Waals surface area (Å²) in [5, 5.41) is 0. The van der Waals surface area contributed by atoms with Crippen molar-refractivity contribution in [1.82, 2.24) is 9.21 Å². The lowest BCUT2D eigenvalue weighted by atomic mass is 10.1. The van der Waals surface area contributed by atoms with Gasteiger partial charge >= 0.3 is 0 Å². The Balaban J connectivity index is 1.90. The van der Waals surface area contributed by atoms with Crippen LogP contribution in [0.4, 0.5) is 0 Å². The molecule has 6 nitrogen and oxygen atoms in total. The van der Waals surface area contributed by atoms with E-state index in [2.05, 4.69) is 4.90 Å². The van der Waals surface area contributed by atoms with E-state index in [0.717, 1.165) is 0 Å². The molecule has 0 spiro atoms. The maximum atomic E-state index is 12.8. The molecule has 116 valence electrons. The maximum Gasteiger partial charge on any atom is 0.243 e. The first-order valence-corrected chi connectivity index (χ1v) is 8.45. The molecular formula is C14H20N2O4S. The van der Waals surface area contributed by atoms with Crippen LogP contribution in [-0.4, -0.2) is 56.6 Å². The fourth-order valence-electron chi connectivity index (χ4n) is 2.74. The number of fused-ring (bicyclic) bond motifs is 1. The van der Waals surface area contributed by atoms with Crippen LogP contribution in [0.2, 0.25) is 0 Å². The Morgan fingerprint density at radius 3 is 2.38 bits per heavy atom. The topological polar surface area (TPSA) is 59.1 Å². The first-order valence-electron chi connectivity index (χ1n) is 7.01. The Morgan fingerprint density at radius 2 is 1.71 bits per heavy atom. The second-order valence-corrected chi connectivity index (χ2v) is 7.64. The highest BCUT2D eigenvalue weighted by Gasteiger charge is 2.35. The molecule has 1 fully saturated rings. The zero-order chi connectivity index (χ0) is 15.2. The maximum absolute atomic E-state index is 12.8. The van der Waals surface area contributed by atoms with Crippen molar-refractivity contribution in [2.24, 2.45) is 0 Å². The van der Waals surface area contributed by atoms with Gasteiger partial charge in [0.15, 0.2) is 11.5 Å².